The molecular weight excluding hydrogens is 350 g/mol. The van der Waals surface area contributed by atoms with Crippen molar-refractivity contribution in [2.24, 2.45) is 5.14 Å². The van der Waals surface area contributed by atoms with Gasteiger partial charge in [-0.3, -0.25) is 4.79 Å². The van der Waals surface area contributed by atoms with Gasteiger partial charge in [-0.05, 0) is 42.0 Å². The standard InChI is InChI=1S/C19H25N3O3S/c20-26(24,25)21-14-18-7-3-4-12-22(18)19(23)11-9-15-8-10-16-5-1-2-6-17(16)13-15/h1-2,5-6,8,10,13,18,21H,3-4,7,9,11-12,14H2,(H2,20,24,25). The third kappa shape index (κ3) is 5.03. The molecule has 26 heavy (non-hydrogen) atoms. The summed E-state index contributed by atoms with van der Waals surface area (Å²) in [4.78, 5) is 14.5. The number of benzene rings is 2. The van der Waals surface area contributed by atoms with Crippen molar-refractivity contribution in [2.45, 2.75) is 38.1 Å². The van der Waals surface area contributed by atoms with Gasteiger partial charge in [0.25, 0.3) is 10.2 Å². The smallest absolute Gasteiger partial charge is 0.274 e. The quantitative estimate of drug-likeness (QED) is 0.808. The molecule has 140 valence electrons. The lowest BCUT2D eigenvalue weighted by Gasteiger charge is -2.36. The number of rotatable bonds is 6. The summed E-state index contributed by atoms with van der Waals surface area (Å²) in [6.45, 7) is 0.855. The van der Waals surface area contributed by atoms with Gasteiger partial charge in [-0.2, -0.15) is 8.42 Å². The number of nitrogens with zero attached hydrogens (tertiary/aromatic N) is 1. The molecule has 0 spiro atoms. The highest BCUT2D eigenvalue weighted by Crippen LogP contribution is 2.20. The third-order valence-corrected chi connectivity index (χ3v) is 5.48. The van der Waals surface area contributed by atoms with Gasteiger partial charge in [-0.15, -0.1) is 0 Å². The summed E-state index contributed by atoms with van der Waals surface area (Å²) in [5.41, 5.74) is 1.13. The number of carbonyl (C=O) groups is 1. The van der Waals surface area contributed by atoms with E-state index < -0.39 is 10.2 Å². The molecule has 1 aliphatic heterocycles. The van der Waals surface area contributed by atoms with Gasteiger partial charge in [0.2, 0.25) is 5.91 Å². The number of likely N-dealkylation sites (tertiary alicyclic amines) is 1. The van der Waals surface area contributed by atoms with Crippen LogP contribution < -0.4 is 9.86 Å². The summed E-state index contributed by atoms with van der Waals surface area (Å²) in [5, 5.41) is 7.37. The molecule has 1 heterocycles. The van der Waals surface area contributed by atoms with Crippen LogP contribution >= 0.6 is 0 Å². The van der Waals surface area contributed by atoms with Gasteiger partial charge in [0.15, 0.2) is 0 Å². The summed E-state index contributed by atoms with van der Waals surface area (Å²) >= 11 is 0. The minimum Gasteiger partial charge on any atom is -0.338 e. The molecule has 1 atom stereocenters. The highest BCUT2D eigenvalue weighted by Gasteiger charge is 2.26. The molecule has 7 heteroatoms. The van der Waals surface area contributed by atoms with Crippen LogP contribution in [0.1, 0.15) is 31.2 Å². The molecule has 1 fully saturated rings. The number of aryl methyl sites for hydroxylation is 1. The van der Waals surface area contributed by atoms with Gasteiger partial charge in [0.1, 0.15) is 0 Å². The van der Waals surface area contributed by atoms with E-state index in [2.05, 4.69) is 35.1 Å². The minimum absolute atomic E-state index is 0.0686. The number of amides is 1. The molecule has 1 aliphatic rings. The fourth-order valence-corrected chi connectivity index (χ4v) is 3.97. The second-order valence-electron chi connectivity index (χ2n) is 6.81. The lowest BCUT2D eigenvalue weighted by atomic mass is 10.00. The van der Waals surface area contributed by atoms with Crippen LogP contribution in [0.25, 0.3) is 10.8 Å². The van der Waals surface area contributed by atoms with Crippen molar-refractivity contribution in [1.82, 2.24) is 9.62 Å². The predicted molar refractivity (Wildman–Crippen MR) is 103 cm³/mol. The summed E-state index contributed by atoms with van der Waals surface area (Å²) in [6.07, 6.45) is 3.84. The monoisotopic (exact) mass is 375 g/mol. The van der Waals surface area contributed by atoms with E-state index in [0.717, 1.165) is 24.8 Å². The molecule has 2 aromatic carbocycles. The summed E-state index contributed by atoms with van der Waals surface area (Å²) in [5.74, 6) is 0.0686. The van der Waals surface area contributed by atoms with E-state index in [1.807, 2.05) is 17.0 Å². The molecule has 6 nitrogen and oxygen atoms in total. The fraction of sp³-hybridized carbons (Fsp3) is 0.421. The van der Waals surface area contributed by atoms with Gasteiger partial charge in [-0.25, -0.2) is 9.86 Å². The Morgan fingerprint density at radius 2 is 1.92 bits per heavy atom. The van der Waals surface area contributed by atoms with Crippen LogP contribution in [-0.2, 0) is 21.4 Å². The Balaban J connectivity index is 1.61. The van der Waals surface area contributed by atoms with E-state index in [4.69, 9.17) is 5.14 Å². The summed E-state index contributed by atoms with van der Waals surface area (Å²) in [7, 11) is -3.74. The van der Waals surface area contributed by atoms with E-state index >= 15 is 0 Å². The largest absolute Gasteiger partial charge is 0.338 e. The minimum atomic E-state index is -3.74. The zero-order valence-corrected chi connectivity index (χ0v) is 15.5. The van der Waals surface area contributed by atoms with Crippen molar-refractivity contribution in [1.29, 1.82) is 0 Å². The molecule has 2 aromatic rings. The second kappa shape index (κ2) is 8.16. The van der Waals surface area contributed by atoms with Crippen LogP contribution in [-0.4, -0.2) is 38.4 Å². The number of nitrogens with two attached hydrogens (primary N) is 1. The SMILES string of the molecule is NS(=O)(=O)NCC1CCCCN1C(=O)CCc1ccc2ccccc2c1. The first kappa shape index (κ1) is 18.8. The average Bonchev–Trinajstić information content (AvgIpc) is 2.64. The molecule has 3 N–H and O–H groups in total. The second-order valence-corrected chi connectivity index (χ2v) is 8.19. The lowest BCUT2D eigenvalue weighted by molar-refractivity contribution is -0.134. The first-order valence-electron chi connectivity index (χ1n) is 8.97. The van der Waals surface area contributed by atoms with Crippen molar-refractivity contribution in [3.63, 3.8) is 0 Å². The number of fused-ring (bicyclic) bond motifs is 1. The molecule has 1 unspecified atom stereocenters. The lowest BCUT2D eigenvalue weighted by Crippen LogP contribution is -2.50. The Labute approximate surface area is 154 Å². The van der Waals surface area contributed by atoms with E-state index in [-0.39, 0.29) is 18.5 Å². The fourth-order valence-electron chi connectivity index (χ4n) is 3.54. The van der Waals surface area contributed by atoms with E-state index in [9.17, 15) is 13.2 Å². The molecule has 3 rings (SSSR count). The molecule has 1 saturated heterocycles. The van der Waals surface area contributed by atoms with Crippen LogP contribution in [0.2, 0.25) is 0 Å². The van der Waals surface area contributed by atoms with Crippen LogP contribution in [0.15, 0.2) is 42.5 Å². The third-order valence-electron chi connectivity index (χ3n) is 4.91. The number of carbonyl (C=O) groups excluding carboxylic acids is 1. The molecule has 0 aliphatic carbocycles. The Morgan fingerprint density at radius 1 is 1.15 bits per heavy atom. The Kier molecular flexibility index (Phi) is 5.90. The normalized spacial score (nSPS) is 18.2. The zero-order chi connectivity index (χ0) is 18.6. The summed E-state index contributed by atoms with van der Waals surface area (Å²) < 4.78 is 24.6. The van der Waals surface area contributed by atoms with Gasteiger partial charge < -0.3 is 4.90 Å². The van der Waals surface area contributed by atoms with Crippen molar-refractivity contribution in [3.8, 4) is 0 Å². The maximum Gasteiger partial charge on any atom is 0.274 e. The predicted octanol–water partition coefficient (Wildman–Crippen LogP) is 1.95. The Hall–Kier alpha value is -1.96. The highest BCUT2D eigenvalue weighted by atomic mass is 32.2. The number of piperidine rings is 1. The average molecular weight is 375 g/mol. The molecule has 1 amide bonds. The van der Waals surface area contributed by atoms with E-state index in [0.29, 0.717) is 19.4 Å². The maximum atomic E-state index is 12.7. The Bertz CT molecular complexity index is 882. The molecule has 0 aromatic heterocycles. The van der Waals surface area contributed by atoms with Gasteiger partial charge in [-0.1, -0.05) is 42.5 Å². The van der Waals surface area contributed by atoms with Gasteiger partial charge in [0.05, 0.1) is 0 Å². The van der Waals surface area contributed by atoms with Crippen LogP contribution in [0.3, 0.4) is 0 Å². The van der Waals surface area contributed by atoms with E-state index in [1.54, 1.807) is 0 Å². The summed E-state index contributed by atoms with van der Waals surface area (Å²) in [6, 6.07) is 14.3. The van der Waals surface area contributed by atoms with Gasteiger partial charge in [0, 0.05) is 25.6 Å². The van der Waals surface area contributed by atoms with Gasteiger partial charge >= 0.3 is 0 Å². The maximum absolute atomic E-state index is 12.7. The number of hydrogen-bond acceptors (Lipinski definition) is 3. The zero-order valence-electron chi connectivity index (χ0n) is 14.7. The first-order chi connectivity index (χ1) is 12.4. The first-order valence-corrected chi connectivity index (χ1v) is 10.5. The van der Waals surface area contributed by atoms with Crippen LogP contribution in [0.4, 0.5) is 0 Å². The van der Waals surface area contributed by atoms with Crippen molar-refractivity contribution >= 4 is 26.9 Å². The van der Waals surface area contributed by atoms with Crippen molar-refractivity contribution in [3.05, 3.63) is 48.0 Å². The number of hydrogen-bond donors (Lipinski definition) is 2. The molecule has 0 radical (unpaired) electrons. The molecule has 0 bridgehead atoms. The Morgan fingerprint density at radius 3 is 2.69 bits per heavy atom. The highest BCUT2D eigenvalue weighted by molar-refractivity contribution is 7.87. The molecular formula is C19H25N3O3S. The van der Waals surface area contributed by atoms with E-state index in [1.165, 1.54) is 10.8 Å². The van der Waals surface area contributed by atoms with Crippen LogP contribution in [0.5, 0.6) is 0 Å². The van der Waals surface area contributed by atoms with Crippen LogP contribution in [0, 0.1) is 0 Å². The number of nitrogens with one attached hydrogen (secondary N) is 1. The molecule has 0 saturated carbocycles. The van der Waals surface area contributed by atoms with Crippen molar-refractivity contribution in [2.75, 3.05) is 13.1 Å². The topological polar surface area (TPSA) is 92.5 Å². The van der Waals surface area contributed by atoms with Crippen molar-refractivity contribution < 1.29 is 13.2 Å².